The lowest BCUT2D eigenvalue weighted by Crippen LogP contribution is -1.77. The van der Waals surface area contributed by atoms with Crippen molar-refractivity contribution in [2.75, 3.05) is 0 Å². The second-order valence-electron chi connectivity index (χ2n) is 13.2. The van der Waals surface area contributed by atoms with E-state index in [9.17, 15) is 0 Å². The smallest absolute Gasteiger partial charge is 0.00135 e. The summed E-state index contributed by atoms with van der Waals surface area (Å²) in [6.07, 6.45) is 2.21. The van der Waals surface area contributed by atoms with Crippen LogP contribution in [0.4, 0.5) is 0 Å². The fourth-order valence-electron chi connectivity index (χ4n) is 6.94. The van der Waals surface area contributed by atoms with Gasteiger partial charge in [-0.3, -0.25) is 0 Å². The fraction of sp³-hybridized carbons (Fsp3) is 0.422. The number of hydrogen-bond acceptors (Lipinski definition) is 0. The van der Waals surface area contributed by atoms with Crippen LogP contribution in [0, 0.1) is 0 Å². The minimum atomic E-state index is 1.10. The topological polar surface area (TPSA) is 0 Å². The average molecular weight is 1230 g/mol. The van der Waals surface area contributed by atoms with Crippen LogP contribution < -0.4 is 0 Å². The Balaban J connectivity index is -0.0000000756. The van der Waals surface area contributed by atoms with Crippen LogP contribution in [0.1, 0.15) is 272 Å². The van der Waals surface area contributed by atoms with Crippen LogP contribution in [-0.4, -0.2) is 0 Å². The zero-order valence-corrected chi connectivity index (χ0v) is 66.5. The van der Waals surface area contributed by atoms with Crippen molar-refractivity contribution in [3.63, 3.8) is 0 Å². The summed E-state index contributed by atoms with van der Waals surface area (Å²) in [6.45, 7) is 72.0. The van der Waals surface area contributed by atoms with Crippen LogP contribution in [0.15, 0.2) is 243 Å². The summed E-state index contributed by atoms with van der Waals surface area (Å²) in [5.41, 5.74) is 14.1. The molecule has 2 aliphatic carbocycles. The molecule has 11 rings (SSSR count). The molecule has 0 heterocycles. The third-order valence-corrected chi connectivity index (χ3v) is 9.62. The van der Waals surface area contributed by atoms with Crippen LogP contribution in [0.25, 0.3) is 44.2 Å². The second kappa shape index (κ2) is 107. The highest BCUT2D eigenvalue weighted by atomic mass is 14.2. The van der Waals surface area contributed by atoms with Gasteiger partial charge in [0.15, 0.2) is 0 Å². The van der Waals surface area contributed by atoms with Crippen LogP contribution in [0.2, 0.25) is 0 Å². The first kappa shape index (κ1) is 111. The highest BCUT2D eigenvalue weighted by molar-refractivity contribution is 5.82. The molecule has 0 aromatic heterocycles. The Morgan fingerprint density at radius 2 is 0.256 bits per heavy atom. The largest absolute Gasteiger partial charge is 0.0683 e. The standard InChI is InChI=1S/2C13H10.C12H10.C10H8.C6H6.18C2H6/c2*1-3-7-12-10(5-1)9-11-6-2-4-8-13(11)12;1-3-7-11(8-4-1)12-9-5-2-6-10-12;1-2-6-10-8-4-3-7-9(10)5-1;1-2-4-6-5-3-1;18*1-2/h2*1-8H,9H2;1-10H;1-8H;1-6H;18*1-2H3. The zero-order valence-electron chi connectivity index (χ0n) is 66.5. The molecule has 0 fully saturated rings. The molecular formula is C90H152. The molecule has 9 aromatic carbocycles. The van der Waals surface area contributed by atoms with Gasteiger partial charge in [-0.25, -0.2) is 0 Å². The van der Waals surface area contributed by atoms with E-state index in [0.29, 0.717) is 0 Å². The summed E-state index contributed by atoms with van der Waals surface area (Å²) in [7, 11) is 0. The molecule has 512 valence electrons. The molecule has 9 aromatic rings. The molecule has 0 heteroatoms. The first-order chi connectivity index (χ1) is 44.8. The van der Waals surface area contributed by atoms with Crippen LogP contribution in [-0.2, 0) is 12.8 Å². The SMILES string of the molecule is CC.CC.CC.CC.CC.CC.CC.CC.CC.CC.CC.CC.CC.CC.CC.CC.CC.CC.c1ccc(-c2ccccc2)cc1.c1ccc2c(c1)Cc1ccccc1-2.c1ccc2c(c1)Cc1ccccc1-2.c1ccc2ccccc2c1.c1ccccc1. The van der Waals surface area contributed by atoms with E-state index >= 15 is 0 Å². The quantitative estimate of drug-likeness (QED) is 0.154. The van der Waals surface area contributed by atoms with E-state index in [1.54, 1.807) is 0 Å². The van der Waals surface area contributed by atoms with E-state index in [1.165, 1.54) is 66.4 Å². The lowest BCUT2D eigenvalue weighted by atomic mass is 10.1. The van der Waals surface area contributed by atoms with Gasteiger partial charge in [-0.1, -0.05) is 492 Å². The summed E-state index contributed by atoms with van der Waals surface area (Å²) in [6, 6.07) is 84.1. The van der Waals surface area contributed by atoms with E-state index in [4.69, 9.17) is 0 Å². The van der Waals surface area contributed by atoms with Gasteiger partial charge < -0.3 is 0 Å². The molecule has 0 unspecified atom stereocenters. The summed E-state index contributed by atoms with van der Waals surface area (Å²) >= 11 is 0. The van der Waals surface area contributed by atoms with Gasteiger partial charge in [0, 0.05) is 0 Å². The zero-order chi connectivity index (χ0) is 72.6. The Morgan fingerprint density at radius 1 is 0.133 bits per heavy atom. The van der Waals surface area contributed by atoms with E-state index < -0.39 is 0 Å². The van der Waals surface area contributed by atoms with E-state index in [1.807, 2.05) is 298 Å². The fourth-order valence-corrected chi connectivity index (χ4v) is 6.94. The Kier molecular flexibility index (Phi) is 132. The normalized spacial score (nSPS) is 7.69. The number of fused-ring (bicyclic) bond motifs is 7. The molecule has 2 aliphatic rings. The van der Waals surface area contributed by atoms with Crippen molar-refractivity contribution in [2.45, 2.75) is 262 Å². The van der Waals surface area contributed by atoms with Gasteiger partial charge in [-0.15, -0.1) is 0 Å². The predicted molar refractivity (Wildman–Crippen MR) is 436 cm³/mol. The first-order valence-corrected chi connectivity index (χ1v) is 36.7. The molecule has 0 nitrogen and oxygen atoms in total. The van der Waals surface area contributed by atoms with E-state index in [2.05, 4.69) is 194 Å². The lowest BCUT2D eigenvalue weighted by Gasteiger charge is -1.98. The Morgan fingerprint density at radius 3 is 0.422 bits per heavy atom. The summed E-state index contributed by atoms with van der Waals surface area (Å²) in [5.74, 6) is 0. The molecule has 0 radical (unpaired) electrons. The van der Waals surface area contributed by atoms with Crippen molar-refractivity contribution in [3.05, 3.63) is 265 Å². The minimum absolute atomic E-state index is 1.10. The molecule has 0 saturated heterocycles. The summed E-state index contributed by atoms with van der Waals surface area (Å²) in [5, 5.41) is 2.62. The molecule has 0 N–H and O–H groups in total. The lowest BCUT2D eigenvalue weighted by molar-refractivity contribution is 1.26. The molecule has 0 amide bonds. The Labute approximate surface area is 567 Å². The second-order valence-corrected chi connectivity index (χ2v) is 13.2. The highest BCUT2D eigenvalue weighted by Gasteiger charge is 2.17. The number of benzene rings is 9. The maximum atomic E-state index is 2.22. The highest BCUT2D eigenvalue weighted by Crippen LogP contribution is 2.36. The Bertz CT molecular complexity index is 2170. The third kappa shape index (κ3) is 55.3. The van der Waals surface area contributed by atoms with E-state index in [0.717, 1.165) is 12.8 Å². The molecule has 0 saturated carbocycles. The number of rotatable bonds is 1. The van der Waals surface area contributed by atoms with Gasteiger partial charge in [0.2, 0.25) is 0 Å². The van der Waals surface area contributed by atoms with Crippen molar-refractivity contribution < 1.29 is 0 Å². The first-order valence-electron chi connectivity index (χ1n) is 36.7. The van der Waals surface area contributed by atoms with Gasteiger partial charge in [-0.05, 0) is 79.2 Å². The van der Waals surface area contributed by atoms with Crippen LogP contribution in [0.5, 0.6) is 0 Å². The van der Waals surface area contributed by atoms with E-state index in [-0.39, 0.29) is 0 Å². The molecule has 0 bridgehead atoms. The van der Waals surface area contributed by atoms with Gasteiger partial charge in [0.25, 0.3) is 0 Å². The third-order valence-electron chi connectivity index (χ3n) is 9.62. The van der Waals surface area contributed by atoms with Crippen molar-refractivity contribution >= 4 is 10.8 Å². The average Bonchev–Trinajstić information content (AvgIpc) is 3.98. The monoisotopic (exact) mass is 1230 g/mol. The van der Waals surface area contributed by atoms with Crippen LogP contribution >= 0.6 is 0 Å². The van der Waals surface area contributed by atoms with Gasteiger partial charge in [0.05, 0.1) is 0 Å². The summed E-state index contributed by atoms with van der Waals surface area (Å²) in [4.78, 5) is 0. The molecular weight excluding hydrogens is 1080 g/mol. The molecule has 0 spiro atoms. The maximum absolute atomic E-state index is 2.22. The molecule has 90 heavy (non-hydrogen) atoms. The van der Waals surface area contributed by atoms with Gasteiger partial charge in [0.1, 0.15) is 0 Å². The van der Waals surface area contributed by atoms with Crippen LogP contribution in [0.3, 0.4) is 0 Å². The molecule has 0 aliphatic heterocycles. The van der Waals surface area contributed by atoms with Crippen molar-refractivity contribution in [1.82, 2.24) is 0 Å². The molecule has 0 atom stereocenters. The summed E-state index contributed by atoms with van der Waals surface area (Å²) < 4.78 is 0. The predicted octanol–water partition coefficient (Wildman–Crippen LogP) is 32.9. The van der Waals surface area contributed by atoms with Gasteiger partial charge in [-0.2, -0.15) is 0 Å². The maximum Gasteiger partial charge on any atom is -0.00135 e. The van der Waals surface area contributed by atoms with Gasteiger partial charge >= 0.3 is 0 Å². The number of hydrogen-bond donors (Lipinski definition) is 0. The van der Waals surface area contributed by atoms with Crippen molar-refractivity contribution in [2.24, 2.45) is 0 Å². The Hall–Kier alpha value is -6.76. The minimum Gasteiger partial charge on any atom is -0.0683 e. The van der Waals surface area contributed by atoms with Crippen molar-refractivity contribution in [3.8, 4) is 33.4 Å². The van der Waals surface area contributed by atoms with Crippen molar-refractivity contribution in [1.29, 1.82) is 0 Å².